The van der Waals surface area contributed by atoms with Crippen LogP contribution < -0.4 is 4.90 Å². The molecule has 0 atom stereocenters. The molecule has 1 heterocycles. The molecule has 2 aromatic carbocycles. The van der Waals surface area contributed by atoms with Crippen LogP contribution in [0.25, 0.3) is 22.5 Å². The highest BCUT2D eigenvalue weighted by Crippen LogP contribution is 2.30. The van der Waals surface area contributed by atoms with Gasteiger partial charge in [0.15, 0.2) is 0 Å². The van der Waals surface area contributed by atoms with Gasteiger partial charge in [0.2, 0.25) is 5.16 Å². The minimum Gasteiger partial charge on any atom is -0.378 e. The van der Waals surface area contributed by atoms with Gasteiger partial charge in [0.1, 0.15) is 17.2 Å². The second kappa shape index (κ2) is 6.97. The number of aromatic nitrogens is 3. The van der Waals surface area contributed by atoms with Crippen LogP contribution in [-0.2, 0) is 0 Å². The SMILES string of the molecule is CSc1nnc(-c2ccc(F)cc2)c(-c2ccc(N(C)C)cc2)n1. The van der Waals surface area contributed by atoms with Crippen LogP contribution in [0.1, 0.15) is 0 Å². The van der Waals surface area contributed by atoms with Crippen molar-refractivity contribution in [3.8, 4) is 22.5 Å². The summed E-state index contributed by atoms with van der Waals surface area (Å²) in [6.07, 6.45) is 1.91. The van der Waals surface area contributed by atoms with Gasteiger partial charge in [-0.1, -0.05) is 23.9 Å². The summed E-state index contributed by atoms with van der Waals surface area (Å²) >= 11 is 1.44. The molecule has 4 nitrogen and oxygen atoms in total. The van der Waals surface area contributed by atoms with E-state index in [1.807, 2.05) is 49.5 Å². The Kier molecular flexibility index (Phi) is 4.76. The maximum atomic E-state index is 13.2. The molecule has 0 aliphatic carbocycles. The molecule has 3 aromatic rings. The molecule has 0 bridgehead atoms. The van der Waals surface area contributed by atoms with E-state index in [9.17, 15) is 4.39 Å². The molecule has 0 amide bonds. The van der Waals surface area contributed by atoms with Crippen molar-refractivity contribution in [2.75, 3.05) is 25.3 Å². The molecule has 6 heteroatoms. The number of halogens is 1. The molecule has 0 spiro atoms. The summed E-state index contributed by atoms with van der Waals surface area (Å²) in [4.78, 5) is 6.65. The summed E-state index contributed by atoms with van der Waals surface area (Å²) in [7, 11) is 3.99. The minimum atomic E-state index is -0.280. The van der Waals surface area contributed by atoms with Crippen LogP contribution in [0.15, 0.2) is 53.7 Å². The largest absolute Gasteiger partial charge is 0.378 e. The van der Waals surface area contributed by atoms with E-state index in [-0.39, 0.29) is 5.82 Å². The van der Waals surface area contributed by atoms with Gasteiger partial charge in [-0.2, -0.15) is 0 Å². The number of hydrogen-bond acceptors (Lipinski definition) is 5. The molecule has 0 unspecified atom stereocenters. The average Bonchev–Trinajstić information content (AvgIpc) is 2.62. The molecule has 0 fully saturated rings. The van der Waals surface area contributed by atoms with Crippen LogP contribution in [-0.4, -0.2) is 35.5 Å². The van der Waals surface area contributed by atoms with Crippen molar-refractivity contribution >= 4 is 17.4 Å². The Morgan fingerprint density at radius 3 is 2.00 bits per heavy atom. The molecule has 24 heavy (non-hydrogen) atoms. The summed E-state index contributed by atoms with van der Waals surface area (Å²) in [6.45, 7) is 0. The van der Waals surface area contributed by atoms with Crippen LogP contribution in [0.3, 0.4) is 0 Å². The van der Waals surface area contributed by atoms with Gasteiger partial charge in [-0.3, -0.25) is 0 Å². The van der Waals surface area contributed by atoms with Crippen molar-refractivity contribution in [2.45, 2.75) is 5.16 Å². The van der Waals surface area contributed by atoms with Crippen LogP contribution in [0, 0.1) is 5.82 Å². The second-order valence-corrected chi connectivity index (χ2v) is 6.22. The fourth-order valence-corrected chi connectivity index (χ4v) is 2.62. The Bertz CT molecular complexity index is 833. The molecule has 0 aliphatic rings. The lowest BCUT2D eigenvalue weighted by Crippen LogP contribution is -2.08. The summed E-state index contributed by atoms with van der Waals surface area (Å²) in [5.41, 5.74) is 4.23. The number of benzene rings is 2. The fourth-order valence-electron chi connectivity index (χ4n) is 2.32. The van der Waals surface area contributed by atoms with Gasteiger partial charge in [-0.15, -0.1) is 10.2 Å². The lowest BCUT2D eigenvalue weighted by molar-refractivity contribution is 0.628. The monoisotopic (exact) mass is 340 g/mol. The summed E-state index contributed by atoms with van der Waals surface area (Å²) in [5, 5.41) is 9.05. The molecule has 3 rings (SSSR count). The zero-order valence-corrected chi connectivity index (χ0v) is 14.5. The molecule has 0 radical (unpaired) electrons. The van der Waals surface area contributed by atoms with Gasteiger partial charge in [0, 0.05) is 30.9 Å². The van der Waals surface area contributed by atoms with E-state index >= 15 is 0 Å². The number of nitrogens with zero attached hydrogens (tertiary/aromatic N) is 4. The standard InChI is InChI=1S/C18H17FN4S/c1-23(2)15-10-6-12(7-11-15)16-17(21-22-18(20-16)24-3)13-4-8-14(19)9-5-13/h4-11H,1-3H3. The number of hydrogen-bond donors (Lipinski definition) is 0. The minimum absolute atomic E-state index is 0.280. The van der Waals surface area contributed by atoms with Gasteiger partial charge >= 0.3 is 0 Å². The van der Waals surface area contributed by atoms with Crippen LogP contribution in [0.4, 0.5) is 10.1 Å². The number of anilines is 1. The zero-order valence-electron chi connectivity index (χ0n) is 13.7. The molecule has 122 valence electrons. The predicted molar refractivity (Wildman–Crippen MR) is 96.8 cm³/mol. The number of thioether (sulfide) groups is 1. The van der Waals surface area contributed by atoms with Crippen molar-refractivity contribution in [1.82, 2.24) is 15.2 Å². The average molecular weight is 340 g/mol. The fraction of sp³-hybridized carbons (Fsp3) is 0.167. The van der Waals surface area contributed by atoms with E-state index in [0.717, 1.165) is 22.5 Å². The van der Waals surface area contributed by atoms with E-state index < -0.39 is 0 Å². The predicted octanol–water partition coefficient (Wildman–Crippen LogP) is 4.13. The molecule has 1 aromatic heterocycles. The first-order valence-electron chi connectivity index (χ1n) is 7.41. The van der Waals surface area contributed by atoms with Gasteiger partial charge in [-0.05, 0) is 42.7 Å². The van der Waals surface area contributed by atoms with Crippen molar-refractivity contribution in [3.63, 3.8) is 0 Å². The molecule has 0 aliphatic heterocycles. The zero-order chi connectivity index (χ0) is 17.1. The van der Waals surface area contributed by atoms with Gasteiger partial charge in [0.25, 0.3) is 0 Å². The number of rotatable bonds is 4. The third-order valence-electron chi connectivity index (χ3n) is 3.62. The summed E-state index contributed by atoms with van der Waals surface area (Å²) in [6, 6.07) is 14.3. The summed E-state index contributed by atoms with van der Waals surface area (Å²) < 4.78 is 13.2. The Morgan fingerprint density at radius 2 is 1.42 bits per heavy atom. The molecular weight excluding hydrogens is 323 g/mol. The highest BCUT2D eigenvalue weighted by Gasteiger charge is 2.13. The highest BCUT2D eigenvalue weighted by molar-refractivity contribution is 7.98. The van der Waals surface area contributed by atoms with Gasteiger partial charge in [-0.25, -0.2) is 9.37 Å². The smallest absolute Gasteiger partial charge is 0.209 e. The lowest BCUT2D eigenvalue weighted by Gasteiger charge is -2.13. The molecular formula is C18H17FN4S. The van der Waals surface area contributed by atoms with Gasteiger partial charge in [0.05, 0.1) is 0 Å². The third-order valence-corrected chi connectivity index (χ3v) is 4.16. The van der Waals surface area contributed by atoms with E-state index in [1.54, 1.807) is 12.1 Å². The van der Waals surface area contributed by atoms with E-state index in [0.29, 0.717) is 10.9 Å². The Balaban J connectivity index is 2.12. The maximum absolute atomic E-state index is 13.2. The van der Waals surface area contributed by atoms with Crippen molar-refractivity contribution in [2.24, 2.45) is 0 Å². The first kappa shape index (κ1) is 16.4. The van der Waals surface area contributed by atoms with E-state index in [4.69, 9.17) is 0 Å². The molecule has 0 N–H and O–H groups in total. The molecule has 0 saturated heterocycles. The molecule has 0 saturated carbocycles. The first-order chi connectivity index (χ1) is 11.6. The lowest BCUT2D eigenvalue weighted by atomic mass is 10.0. The quantitative estimate of drug-likeness (QED) is 0.668. The Morgan fingerprint density at radius 1 is 0.833 bits per heavy atom. The van der Waals surface area contributed by atoms with Gasteiger partial charge < -0.3 is 4.90 Å². The normalized spacial score (nSPS) is 10.7. The summed E-state index contributed by atoms with van der Waals surface area (Å²) in [5.74, 6) is -0.280. The van der Waals surface area contributed by atoms with Crippen molar-refractivity contribution in [1.29, 1.82) is 0 Å². The second-order valence-electron chi connectivity index (χ2n) is 5.44. The van der Waals surface area contributed by atoms with Crippen LogP contribution >= 0.6 is 11.8 Å². The van der Waals surface area contributed by atoms with E-state index in [1.165, 1.54) is 23.9 Å². The van der Waals surface area contributed by atoms with E-state index in [2.05, 4.69) is 15.2 Å². The van der Waals surface area contributed by atoms with Crippen molar-refractivity contribution in [3.05, 3.63) is 54.3 Å². The highest BCUT2D eigenvalue weighted by atomic mass is 32.2. The van der Waals surface area contributed by atoms with Crippen LogP contribution in [0.5, 0.6) is 0 Å². The topological polar surface area (TPSA) is 41.9 Å². The first-order valence-corrected chi connectivity index (χ1v) is 8.63. The van der Waals surface area contributed by atoms with Crippen molar-refractivity contribution < 1.29 is 4.39 Å². The maximum Gasteiger partial charge on any atom is 0.209 e. The Labute approximate surface area is 144 Å². The third kappa shape index (κ3) is 3.38. The Hall–Kier alpha value is -2.47. The van der Waals surface area contributed by atoms with Crippen LogP contribution in [0.2, 0.25) is 0 Å².